The quantitative estimate of drug-likeness (QED) is 0.596. The number of nitrogens with one attached hydrogen (secondary N) is 1. The molecule has 30 heavy (non-hydrogen) atoms. The Kier molecular flexibility index (Phi) is 6.01. The number of amides is 2. The minimum atomic E-state index is -0.633. The normalized spacial score (nSPS) is 21.7. The Morgan fingerprint density at radius 2 is 2.07 bits per heavy atom. The Labute approximate surface area is 176 Å². The van der Waals surface area contributed by atoms with E-state index in [2.05, 4.69) is 11.4 Å². The number of imide groups is 1. The molecule has 0 radical (unpaired) electrons. The summed E-state index contributed by atoms with van der Waals surface area (Å²) in [4.78, 5) is 38.2. The molecule has 0 saturated carbocycles. The summed E-state index contributed by atoms with van der Waals surface area (Å²) in [6.45, 7) is 6.13. The molecule has 8 nitrogen and oxygen atoms in total. The third kappa shape index (κ3) is 4.90. The fourth-order valence-corrected chi connectivity index (χ4v) is 3.96. The second kappa shape index (κ2) is 8.34. The fraction of sp³-hybridized carbons (Fsp3) is 0.545. The van der Waals surface area contributed by atoms with Crippen LogP contribution in [0.3, 0.4) is 0 Å². The Hall–Kier alpha value is -3.08. The zero-order valence-electron chi connectivity index (χ0n) is 17.6. The average Bonchev–Trinajstić information content (AvgIpc) is 3.04. The highest BCUT2D eigenvalue weighted by Gasteiger charge is 2.46. The molecule has 2 amide bonds. The van der Waals surface area contributed by atoms with Crippen LogP contribution in [0.1, 0.15) is 52.0 Å². The maximum Gasteiger partial charge on any atom is 0.344 e. The largest absolute Gasteiger partial charge is 0.482 e. The Bertz CT molecular complexity index is 899. The van der Waals surface area contributed by atoms with Crippen molar-refractivity contribution in [2.24, 2.45) is 5.41 Å². The standard InChI is InChI=1S/C22H27N3O5/c1-21(2,3)30-19(27)13-29-16-7-6-15(12-23)17(11-16)25-10-9-22(14-25)8-4-5-18(26)24-20(22)28/h6-7,11H,4-5,8-10,13-14H2,1-3H3,(H,24,26,28). The first-order valence-corrected chi connectivity index (χ1v) is 10.1. The van der Waals surface area contributed by atoms with E-state index in [-0.39, 0.29) is 18.4 Å². The third-order valence-electron chi connectivity index (χ3n) is 5.35. The number of anilines is 1. The second-order valence-electron chi connectivity index (χ2n) is 8.85. The smallest absolute Gasteiger partial charge is 0.344 e. The first-order valence-electron chi connectivity index (χ1n) is 10.1. The van der Waals surface area contributed by atoms with Gasteiger partial charge in [0.1, 0.15) is 17.4 Å². The first kappa shape index (κ1) is 21.6. The molecule has 1 aromatic rings. The van der Waals surface area contributed by atoms with Crippen molar-refractivity contribution in [1.82, 2.24) is 5.32 Å². The van der Waals surface area contributed by atoms with Crippen molar-refractivity contribution < 1.29 is 23.9 Å². The van der Waals surface area contributed by atoms with Crippen molar-refractivity contribution >= 4 is 23.5 Å². The molecule has 0 aliphatic carbocycles. The van der Waals surface area contributed by atoms with E-state index in [1.807, 2.05) is 4.90 Å². The maximum absolute atomic E-state index is 12.6. The number of benzene rings is 1. The third-order valence-corrected chi connectivity index (χ3v) is 5.35. The topological polar surface area (TPSA) is 109 Å². The Morgan fingerprint density at radius 3 is 2.77 bits per heavy atom. The number of hydrogen-bond donors (Lipinski definition) is 1. The SMILES string of the molecule is CC(C)(C)OC(=O)COc1ccc(C#N)c(N2CCC3(CCCC(=O)NC3=O)C2)c1. The van der Waals surface area contributed by atoms with Gasteiger partial charge in [-0.2, -0.15) is 5.26 Å². The van der Waals surface area contributed by atoms with E-state index in [9.17, 15) is 19.6 Å². The molecule has 2 saturated heterocycles. The van der Waals surface area contributed by atoms with Gasteiger partial charge in [-0.25, -0.2) is 4.79 Å². The van der Waals surface area contributed by atoms with E-state index in [0.29, 0.717) is 55.8 Å². The van der Waals surface area contributed by atoms with Gasteiger partial charge in [-0.05, 0) is 52.2 Å². The highest BCUT2D eigenvalue weighted by molar-refractivity contribution is 5.99. The first-order chi connectivity index (χ1) is 14.1. The molecule has 160 valence electrons. The van der Waals surface area contributed by atoms with Crippen molar-refractivity contribution in [1.29, 1.82) is 5.26 Å². The lowest BCUT2D eigenvalue weighted by Gasteiger charge is -2.27. The van der Waals surface area contributed by atoms with Crippen molar-refractivity contribution in [3.63, 3.8) is 0 Å². The molecule has 1 unspecified atom stereocenters. The molecule has 3 rings (SSSR count). The number of nitrogens with zero attached hydrogens (tertiary/aromatic N) is 2. The molecule has 1 spiro atoms. The van der Waals surface area contributed by atoms with Crippen LogP contribution in [0.15, 0.2) is 18.2 Å². The van der Waals surface area contributed by atoms with Crippen LogP contribution in [-0.4, -0.2) is 43.1 Å². The van der Waals surface area contributed by atoms with Crippen molar-refractivity contribution in [3.8, 4) is 11.8 Å². The van der Waals surface area contributed by atoms with Gasteiger partial charge in [0, 0.05) is 25.6 Å². The summed E-state index contributed by atoms with van der Waals surface area (Å²) in [6.07, 6.45) is 2.26. The van der Waals surface area contributed by atoms with Crippen LogP contribution in [-0.2, 0) is 19.1 Å². The number of rotatable bonds is 4. The van der Waals surface area contributed by atoms with Gasteiger partial charge in [-0.15, -0.1) is 0 Å². The van der Waals surface area contributed by atoms with E-state index in [0.717, 1.165) is 0 Å². The van der Waals surface area contributed by atoms with E-state index < -0.39 is 17.0 Å². The van der Waals surface area contributed by atoms with Gasteiger partial charge in [0.25, 0.3) is 0 Å². The Morgan fingerprint density at radius 1 is 1.30 bits per heavy atom. The molecule has 2 aliphatic heterocycles. The molecular weight excluding hydrogens is 386 g/mol. The highest BCUT2D eigenvalue weighted by Crippen LogP contribution is 2.40. The zero-order valence-corrected chi connectivity index (χ0v) is 17.6. The molecule has 1 aromatic carbocycles. The van der Waals surface area contributed by atoms with Gasteiger partial charge in [-0.3, -0.25) is 14.9 Å². The Balaban J connectivity index is 1.75. The molecule has 0 bridgehead atoms. The summed E-state index contributed by atoms with van der Waals surface area (Å²) >= 11 is 0. The summed E-state index contributed by atoms with van der Waals surface area (Å²) in [5, 5.41) is 12.0. The number of carbonyl (C=O) groups is 3. The number of esters is 1. The van der Waals surface area contributed by atoms with Crippen LogP contribution in [0, 0.1) is 16.7 Å². The summed E-state index contributed by atoms with van der Waals surface area (Å²) in [7, 11) is 0. The number of carbonyl (C=O) groups excluding carboxylic acids is 3. The maximum atomic E-state index is 12.6. The predicted octanol–water partition coefficient (Wildman–Crippen LogP) is 2.30. The number of hydrogen-bond acceptors (Lipinski definition) is 7. The van der Waals surface area contributed by atoms with Crippen LogP contribution in [0.25, 0.3) is 0 Å². The molecule has 0 aromatic heterocycles. The summed E-state index contributed by atoms with van der Waals surface area (Å²) in [6, 6.07) is 7.16. The van der Waals surface area contributed by atoms with Crippen LogP contribution in [0.4, 0.5) is 5.69 Å². The van der Waals surface area contributed by atoms with Crippen LogP contribution >= 0.6 is 0 Å². The van der Waals surface area contributed by atoms with Gasteiger partial charge in [-0.1, -0.05) is 0 Å². The highest BCUT2D eigenvalue weighted by atomic mass is 16.6. The molecular formula is C22H27N3O5. The molecule has 2 fully saturated rings. The molecule has 2 heterocycles. The average molecular weight is 413 g/mol. The van der Waals surface area contributed by atoms with E-state index in [1.165, 1.54) is 0 Å². The van der Waals surface area contributed by atoms with Crippen molar-refractivity contribution in [2.45, 2.75) is 52.1 Å². The van der Waals surface area contributed by atoms with Gasteiger partial charge in [0.05, 0.1) is 16.7 Å². The summed E-state index contributed by atoms with van der Waals surface area (Å²) in [5.41, 5.74) is -0.117. The van der Waals surface area contributed by atoms with Gasteiger partial charge >= 0.3 is 5.97 Å². The minimum Gasteiger partial charge on any atom is -0.482 e. The van der Waals surface area contributed by atoms with Crippen LogP contribution in [0.2, 0.25) is 0 Å². The molecule has 1 atom stereocenters. The lowest BCUT2D eigenvalue weighted by atomic mass is 9.82. The number of nitriles is 1. The van der Waals surface area contributed by atoms with Crippen LogP contribution < -0.4 is 15.0 Å². The minimum absolute atomic E-state index is 0.231. The lowest BCUT2D eigenvalue weighted by Crippen LogP contribution is -2.43. The molecule has 2 aliphatic rings. The van der Waals surface area contributed by atoms with Crippen molar-refractivity contribution in [3.05, 3.63) is 23.8 Å². The number of ether oxygens (including phenoxy) is 2. The molecule has 8 heteroatoms. The fourth-order valence-electron chi connectivity index (χ4n) is 3.96. The van der Waals surface area contributed by atoms with E-state index >= 15 is 0 Å². The zero-order chi connectivity index (χ0) is 21.9. The monoisotopic (exact) mass is 413 g/mol. The van der Waals surface area contributed by atoms with Gasteiger partial charge in [0.15, 0.2) is 6.61 Å². The van der Waals surface area contributed by atoms with Gasteiger partial charge < -0.3 is 14.4 Å². The predicted molar refractivity (Wildman–Crippen MR) is 109 cm³/mol. The van der Waals surface area contributed by atoms with Gasteiger partial charge in [0.2, 0.25) is 11.8 Å². The lowest BCUT2D eigenvalue weighted by molar-refractivity contribution is -0.157. The summed E-state index contributed by atoms with van der Waals surface area (Å²) in [5.74, 6) is -0.501. The van der Waals surface area contributed by atoms with Crippen molar-refractivity contribution in [2.75, 3.05) is 24.6 Å². The van der Waals surface area contributed by atoms with E-state index in [1.54, 1.807) is 39.0 Å². The summed E-state index contributed by atoms with van der Waals surface area (Å²) < 4.78 is 10.8. The van der Waals surface area contributed by atoms with E-state index in [4.69, 9.17) is 9.47 Å². The van der Waals surface area contributed by atoms with Crippen LogP contribution in [0.5, 0.6) is 5.75 Å². The molecule has 1 N–H and O–H groups in total. The second-order valence-corrected chi connectivity index (χ2v) is 8.85.